The van der Waals surface area contributed by atoms with Gasteiger partial charge in [0.2, 0.25) is 0 Å². The molecule has 1 unspecified atom stereocenters. The number of aromatic nitrogens is 1. The van der Waals surface area contributed by atoms with E-state index in [1.165, 1.54) is 11.1 Å². The van der Waals surface area contributed by atoms with Crippen LogP contribution in [0.4, 0.5) is 0 Å². The summed E-state index contributed by atoms with van der Waals surface area (Å²) in [5.74, 6) is 0.140. The minimum absolute atomic E-state index is 0.140. The number of amides is 1. The highest BCUT2D eigenvalue weighted by Gasteiger charge is 2.39. The topological polar surface area (TPSA) is 33.2 Å². The molecule has 0 aliphatic heterocycles. The first-order valence-corrected chi connectivity index (χ1v) is 8.57. The fraction of sp³-hybridized carbons (Fsp3) is 0.400. The largest absolute Gasteiger partial charge is 0.329 e. The van der Waals surface area contributed by atoms with E-state index in [1.807, 2.05) is 19.1 Å². The van der Waals surface area contributed by atoms with Crippen molar-refractivity contribution in [1.29, 1.82) is 0 Å². The Kier molecular flexibility index (Phi) is 3.64. The molecule has 23 heavy (non-hydrogen) atoms. The Bertz CT molecular complexity index is 719. The summed E-state index contributed by atoms with van der Waals surface area (Å²) in [6.45, 7) is 1.95. The molecule has 1 saturated carbocycles. The van der Waals surface area contributed by atoms with E-state index in [0.717, 1.165) is 37.8 Å². The van der Waals surface area contributed by atoms with Crippen LogP contribution >= 0.6 is 0 Å². The fourth-order valence-electron chi connectivity index (χ4n) is 3.68. The van der Waals surface area contributed by atoms with Gasteiger partial charge in [0.15, 0.2) is 0 Å². The first-order valence-electron chi connectivity index (χ1n) is 8.57. The molecule has 1 aromatic heterocycles. The van der Waals surface area contributed by atoms with Gasteiger partial charge in [-0.1, -0.05) is 24.3 Å². The van der Waals surface area contributed by atoms with Crippen LogP contribution in [-0.4, -0.2) is 21.8 Å². The van der Waals surface area contributed by atoms with Crippen LogP contribution in [0.1, 0.15) is 58.9 Å². The van der Waals surface area contributed by atoms with Gasteiger partial charge >= 0.3 is 0 Å². The Hall–Kier alpha value is -2.16. The Labute approximate surface area is 137 Å². The van der Waals surface area contributed by atoms with Gasteiger partial charge in [-0.2, -0.15) is 0 Å². The van der Waals surface area contributed by atoms with Gasteiger partial charge in [0, 0.05) is 17.9 Å². The van der Waals surface area contributed by atoms with Crippen LogP contribution in [0.3, 0.4) is 0 Å². The maximum Gasteiger partial charge on any atom is 0.256 e. The van der Waals surface area contributed by atoms with Crippen LogP contribution in [0.15, 0.2) is 42.6 Å². The van der Waals surface area contributed by atoms with Gasteiger partial charge in [0.25, 0.3) is 5.91 Å². The first-order chi connectivity index (χ1) is 11.2. The molecule has 2 aliphatic carbocycles. The van der Waals surface area contributed by atoms with Crippen LogP contribution in [0.5, 0.6) is 0 Å². The van der Waals surface area contributed by atoms with E-state index in [9.17, 15) is 4.79 Å². The van der Waals surface area contributed by atoms with Crippen LogP contribution in [0.2, 0.25) is 0 Å². The molecule has 3 nitrogen and oxygen atoms in total. The van der Waals surface area contributed by atoms with Crippen molar-refractivity contribution in [2.45, 2.75) is 51.1 Å². The number of fused-ring (bicyclic) bond motifs is 1. The van der Waals surface area contributed by atoms with Gasteiger partial charge < -0.3 is 4.90 Å². The molecule has 0 saturated heterocycles. The highest BCUT2D eigenvalue weighted by atomic mass is 16.2. The number of nitrogens with zero attached hydrogens (tertiary/aromatic N) is 2. The molecule has 0 spiro atoms. The third kappa shape index (κ3) is 2.76. The zero-order valence-corrected chi connectivity index (χ0v) is 13.5. The summed E-state index contributed by atoms with van der Waals surface area (Å²) in [6, 6.07) is 13.1. The standard InChI is InChI=1S/C20H22N2O/c1-14-9-10-16(13-21-14)20(23)22(17-11-12-17)19-8-4-6-15-5-2-3-7-18(15)19/h2-3,5,7,9-10,13,17,19H,4,6,8,11-12H2,1H3. The maximum absolute atomic E-state index is 13.1. The highest BCUT2D eigenvalue weighted by Crippen LogP contribution is 2.41. The summed E-state index contributed by atoms with van der Waals surface area (Å²) in [4.78, 5) is 19.6. The summed E-state index contributed by atoms with van der Waals surface area (Å²) in [7, 11) is 0. The predicted octanol–water partition coefficient (Wildman–Crippen LogP) is 4.07. The SMILES string of the molecule is Cc1ccc(C(=O)N(C2CC2)C2CCCc3ccccc32)cn1. The first kappa shape index (κ1) is 14.4. The van der Waals surface area contributed by atoms with Crippen molar-refractivity contribution >= 4 is 5.91 Å². The third-order valence-corrected chi connectivity index (χ3v) is 5.01. The summed E-state index contributed by atoms with van der Waals surface area (Å²) in [5.41, 5.74) is 4.41. The van der Waals surface area contributed by atoms with Crippen LogP contribution in [0.25, 0.3) is 0 Å². The number of carbonyl (C=O) groups is 1. The van der Waals surface area contributed by atoms with Gasteiger partial charge in [-0.15, -0.1) is 0 Å². The summed E-state index contributed by atoms with van der Waals surface area (Å²) in [5, 5.41) is 0. The van der Waals surface area contributed by atoms with E-state index in [1.54, 1.807) is 6.20 Å². The number of benzene rings is 1. The lowest BCUT2D eigenvalue weighted by atomic mass is 9.86. The zero-order chi connectivity index (χ0) is 15.8. The molecular weight excluding hydrogens is 284 g/mol. The van der Waals surface area contributed by atoms with Crippen molar-refractivity contribution in [3.63, 3.8) is 0 Å². The van der Waals surface area contributed by atoms with E-state index < -0.39 is 0 Å². The second-order valence-corrected chi connectivity index (χ2v) is 6.74. The van der Waals surface area contributed by atoms with Crippen molar-refractivity contribution in [3.05, 3.63) is 65.0 Å². The van der Waals surface area contributed by atoms with Crippen molar-refractivity contribution in [2.24, 2.45) is 0 Å². The molecule has 2 aromatic rings. The molecule has 1 amide bonds. The molecule has 1 aromatic carbocycles. The van der Waals surface area contributed by atoms with Crippen molar-refractivity contribution < 1.29 is 4.79 Å². The van der Waals surface area contributed by atoms with Gasteiger partial charge in [-0.05, 0) is 62.3 Å². The smallest absolute Gasteiger partial charge is 0.256 e. The molecule has 0 bridgehead atoms. The monoisotopic (exact) mass is 306 g/mol. The Morgan fingerprint density at radius 3 is 2.70 bits per heavy atom. The van der Waals surface area contributed by atoms with E-state index in [4.69, 9.17) is 0 Å². The minimum Gasteiger partial charge on any atom is -0.329 e. The number of hydrogen-bond donors (Lipinski definition) is 0. The van der Waals surface area contributed by atoms with Gasteiger partial charge in [-0.25, -0.2) is 0 Å². The second kappa shape index (κ2) is 5.80. The Morgan fingerprint density at radius 2 is 1.96 bits per heavy atom. The highest BCUT2D eigenvalue weighted by molar-refractivity contribution is 5.94. The lowest BCUT2D eigenvalue weighted by molar-refractivity contribution is 0.0637. The third-order valence-electron chi connectivity index (χ3n) is 5.01. The molecule has 2 aliphatic rings. The fourth-order valence-corrected chi connectivity index (χ4v) is 3.68. The molecular formula is C20H22N2O. The molecule has 0 N–H and O–H groups in total. The summed E-state index contributed by atoms with van der Waals surface area (Å²) in [6.07, 6.45) is 7.34. The van der Waals surface area contributed by atoms with Crippen molar-refractivity contribution in [3.8, 4) is 0 Å². The van der Waals surface area contributed by atoms with Gasteiger partial charge in [0.05, 0.1) is 11.6 Å². The molecule has 1 atom stereocenters. The van der Waals surface area contributed by atoms with E-state index in [2.05, 4.69) is 34.1 Å². The van der Waals surface area contributed by atoms with Crippen LogP contribution in [-0.2, 0) is 6.42 Å². The second-order valence-electron chi connectivity index (χ2n) is 6.74. The lowest BCUT2D eigenvalue weighted by Crippen LogP contribution is -2.38. The minimum atomic E-state index is 0.140. The molecule has 1 heterocycles. The van der Waals surface area contributed by atoms with Crippen molar-refractivity contribution in [1.82, 2.24) is 9.88 Å². The van der Waals surface area contributed by atoms with E-state index >= 15 is 0 Å². The normalized spacial score (nSPS) is 20.0. The Morgan fingerprint density at radius 1 is 1.13 bits per heavy atom. The Balaban J connectivity index is 1.69. The predicted molar refractivity (Wildman–Crippen MR) is 90.3 cm³/mol. The van der Waals surface area contributed by atoms with Gasteiger partial charge in [0.1, 0.15) is 0 Å². The quantitative estimate of drug-likeness (QED) is 0.856. The average Bonchev–Trinajstić information content (AvgIpc) is 3.41. The van der Waals surface area contributed by atoms with Crippen LogP contribution < -0.4 is 0 Å². The molecule has 0 radical (unpaired) electrons. The zero-order valence-electron chi connectivity index (χ0n) is 13.5. The van der Waals surface area contributed by atoms with E-state index in [0.29, 0.717) is 11.6 Å². The number of pyridine rings is 1. The van der Waals surface area contributed by atoms with Gasteiger partial charge in [-0.3, -0.25) is 9.78 Å². The number of aryl methyl sites for hydroxylation is 2. The molecule has 118 valence electrons. The van der Waals surface area contributed by atoms with E-state index in [-0.39, 0.29) is 11.9 Å². The maximum atomic E-state index is 13.1. The average molecular weight is 306 g/mol. The van der Waals surface area contributed by atoms with Crippen LogP contribution in [0, 0.1) is 6.92 Å². The van der Waals surface area contributed by atoms with Crippen molar-refractivity contribution in [2.75, 3.05) is 0 Å². The molecule has 4 rings (SSSR count). The number of rotatable bonds is 3. The number of carbonyl (C=O) groups excluding carboxylic acids is 1. The molecule has 3 heteroatoms. The summed E-state index contributed by atoms with van der Waals surface area (Å²) >= 11 is 0. The number of hydrogen-bond acceptors (Lipinski definition) is 2. The lowest BCUT2D eigenvalue weighted by Gasteiger charge is -2.36. The summed E-state index contributed by atoms with van der Waals surface area (Å²) < 4.78 is 0. The molecule has 1 fully saturated rings.